The van der Waals surface area contributed by atoms with Crippen LogP contribution in [0.15, 0.2) is 0 Å². The summed E-state index contributed by atoms with van der Waals surface area (Å²) in [4.78, 5) is 40.4. The zero-order chi connectivity index (χ0) is 15.6. The maximum Gasteiger partial charge on any atom is 0.326 e. The Labute approximate surface area is 124 Å². The van der Waals surface area contributed by atoms with E-state index in [1.807, 2.05) is 0 Å². The molecule has 0 spiro atoms. The van der Waals surface area contributed by atoms with Crippen LogP contribution in [-0.4, -0.2) is 77.5 Å². The molecule has 2 aliphatic rings. The molecule has 0 aromatic heterocycles. The van der Waals surface area contributed by atoms with Gasteiger partial charge in [0.1, 0.15) is 6.04 Å². The number of amides is 3. The lowest BCUT2D eigenvalue weighted by Gasteiger charge is -2.36. The highest BCUT2D eigenvalue weighted by Crippen LogP contribution is 2.25. The highest BCUT2D eigenvalue weighted by molar-refractivity contribution is 5.86. The molecule has 2 atom stereocenters. The van der Waals surface area contributed by atoms with Crippen LogP contribution in [0.5, 0.6) is 0 Å². The molecule has 7 heteroatoms. The summed E-state index contributed by atoms with van der Waals surface area (Å²) < 4.78 is 0. The van der Waals surface area contributed by atoms with Crippen LogP contribution in [0.2, 0.25) is 0 Å². The average molecular weight is 297 g/mol. The van der Waals surface area contributed by atoms with Gasteiger partial charge in [-0.15, -0.1) is 0 Å². The summed E-state index contributed by atoms with van der Waals surface area (Å²) in [7, 11) is 3.38. The largest absolute Gasteiger partial charge is 0.480 e. The van der Waals surface area contributed by atoms with Crippen LogP contribution < -0.4 is 0 Å². The van der Waals surface area contributed by atoms with Crippen molar-refractivity contribution in [2.45, 2.75) is 31.7 Å². The van der Waals surface area contributed by atoms with Gasteiger partial charge in [0.15, 0.2) is 0 Å². The molecule has 0 bridgehead atoms. The Morgan fingerprint density at radius 1 is 1.10 bits per heavy atom. The van der Waals surface area contributed by atoms with Crippen LogP contribution >= 0.6 is 0 Å². The molecule has 0 aliphatic carbocycles. The van der Waals surface area contributed by atoms with Crippen molar-refractivity contribution in [3.05, 3.63) is 0 Å². The van der Waals surface area contributed by atoms with Gasteiger partial charge in [-0.1, -0.05) is 0 Å². The second-order valence-corrected chi connectivity index (χ2v) is 5.99. The average Bonchev–Trinajstić information content (AvgIpc) is 2.95. The number of piperidine rings is 1. The summed E-state index contributed by atoms with van der Waals surface area (Å²) in [6.45, 7) is 1.55. The smallest absolute Gasteiger partial charge is 0.326 e. The maximum atomic E-state index is 12.6. The van der Waals surface area contributed by atoms with Crippen molar-refractivity contribution in [1.29, 1.82) is 0 Å². The lowest BCUT2D eigenvalue weighted by Crippen LogP contribution is -2.51. The van der Waals surface area contributed by atoms with E-state index in [-0.39, 0.29) is 17.9 Å². The highest BCUT2D eigenvalue weighted by atomic mass is 16.4. The second-order valence-electron chi connectivity index (χ2n) is 5.99. The van der Waals surface area contributed by atoms with Gasteiger partial charge in [0, 0.05) is 33.7 Å². The predicted molar refractivity (Wildman–Crippen MR) is 75.8 cm³/mol. The quantitative estimate of drug-likeness (QED) is 0.802. The number of carboxylic acids is 1. The molecule has 0 aromatic rings. The van der Waals surface area contributed by atoms with Gasteiger partial charge in [-0.3, -0.25) is 4.79 Å². The van der Waals surface area contributed by atoms with Crippen LogP contribution in [-0.2, 0) is 9.59 Å². The number of carbonyl (C=O) groups excluding carboxylic acids is 2. The third kappa shape index (κ3) is 3.28. The summed E-state index contributed by atoms with van der Waals surface area (Å²) in [5.74, 6) is -1.32. The number of carbonyl (C=O) groups is 3. The highest BCUT2D eigenvalue weighted by Gasteiger charge is 2.39. The predicted octanol–water partition coefficient (Wildman–Crippen LogP) is 0.456. The molecule has 2 fully saturated rings. The minimum Gasteiger partial charge on any atom is -0.480 e. The zero-order valence-corrected chi connectivity index (χ0v) is 12.6. The molecule has 1 unspecified atom stereocenters. The molecule has 0 aromatic carbocycles. The molecule has 2 aliphatic heterocycles. The number of carboxylic acid groups (broad SMARTS) is 1. The van der Waals surface area contributed by atoms with E-state index in [1.165, 1.54) is 9.80 Å². The summed E-state index contributed by atoms with van der Waals surface area (Å²) in [5, 5.41) is 9.18. The first-order chi connectivity index (χ1) is 9.91. The Hall–Kier alpha value is -1.79. The minimum atomic E-state index is -0.933. The summed E-state index contributed by atoms with van der Waals surface area (Å²) in [5.41, 5.74) is 0. The minimum absolute atomic E-state index is 0.0938. The van der Waals surface area contributed by atoms with E-state index in [1.54, 1.807) is 19.0 Å². The molecule has 2 heterocycles. The lowest BCUT2D eigenvalue weighted by molar-refractivity contribution is -0.150. The number of urea groups is 1. The van der Waals surface area contributed by atoms with E-state index >= 15 is 0 Å². The van der Waals surface area contributed by atoms with Crippen molar-refractivity contribution in [2.24, 2.45) is 5.92 Å². The molecule has 0 saturated carbocycles. The third-order valence-electron chi connectivity index (χ3n) is 4.24. The van der Waals surface area contributed by atoms with E-state index in [0.717, 1.165) is 19.3 Å². The Morgan fingerprint density at radius 2 is 1.76 bits per heavy atom. The first-order valence-corrected chi connectivity index (χ1v) is 7.41. The number of hydrogen-bond acceptors (Lipinski definition) is 3. The van der Waals surface area contributed by atoms with Gasteiger partial charge < -0.3 is 19.8 Å². The fourth-order valence-electron chi connectivity index (χ4n) is 3.16. The molecule has 21 heavy (non-hydrogen) atoms. The molecule has 2 saturated heterocycles. The van der Waals surface area contributed by atoms with E-state index in [9.17, 15) is 19.5 Å². The van der Waals surface area contributed by atoms with Crippen LogP contribution in [0.1, 0.15) is 25.7 Å². The Morgan fingerprint density at radius 3 is 2.38 bits per heavy atom. The first kappa shape index (κ1) is 15.6. The fourth-order valence-corrected chi connectivity index (χ4v) is 3.16. The summed E-state index contributed by atoms with van der Waals surface area (Å²) >= 11 is 0. The Kier molecular flexibility index (Phi) is 4.69. The van der Waals surface area contributed by atoms with E-state index in [4.69, 9.17) is 0 Å². The molecule has 3 amide bonds. The van der Waals surface area contributed by atoms with Gasteiger partial charge in [0.05, 0.1) is 5.92 Å². The van der Waals surface area contributed by atoms with E-state index in [0.29, 0.717) is 26.1 Å². The van der Waals surface area contributed by atoms with E-state index in [2.05, 4.69) is 0 Å². The molecule has 2 rings (SSSR count). The fraction of sp³-hybridized carbons (Fsp3) is 0.786. The van der Waals surface area contributed by atoms with Gasteiger partial charge in [0.2, 0.25) is 5.91 Å². The Bertz CT molecular complexity index is 438. The number of hydrogen-bond donors (Lipinski definition) is 1. The van der Waals surface area contributed by atoms with Gasteiger partial charge in [-0.2, -0.15) is 0 Å². The SMILES string of the molecule is CN(C)C(=O)N1CCCC(C(=O)N2CCC[C@H]2C(=O)O)C1. The van der Waals surface area contributed by atoms with Crippen molar-refractivity contribution in [1.82, 2.24) is 14.7 Å². The Balaban J connectivity index is 2.02. The van der Waals surface area contributed by atoms with Crippen LogP contribution in [0.3, 0.4) is 0 Å². The lowest BCUT2D eigenvalue weighted by atomic mass is 9.96. The van der Waals surface area contributed by atoms with Crippen molar-refractivity contribution in [3.63, 3.8) is 0 Å². The summed E-state index contributed by atoms with van der Waals surface area (Å²) in [6, 6.07) is -0.791. The van der Waals surface area contributed by atoms with Gasteiger partial charge in [0.25, 0.3) is 0 Å². The van der Waals surface area contributed by atoms with Crippen molar-refractivity contribution >= 4 is 17.9 Å². The van der Waals surface area contributed by atoms with E-state index < -0.39 is 12.0 Å². The van der Waals surface area contributed by atoms with Crippen LogP contribution in [0.4, 0.5) is 4.79 Å². The monoisotopic (exact) mass is 297 g/mol. The molecular weight excluding hydrogens is 274 g/mol. The zero-order valence-electron chi connectivity index (χ0n) is 12.6. The maximum absolute atomic E-state index is 12.6. The standard InChI is InChI=1S/C14H23N3O4/c1-15(2)14(21)16-7-3-5-10(9-16)12(18)17-8-4-6-11(17)13(19)20/h10-11H,3-9H2,1-2H3,(H,19,20)/t10?,11-/m0/s1. The molecule has 1 N–H and O–H groups in total. The number of nitrogens with zero attached hydrogens (tertiary/aromatic N) is 3. The molecule has 0 radical (unpaired) electrons. The molecular formula is C14H23N3O4. The van der Waals surface area contributed by atoms with Gasteiger partial charge in [-0.25, -0.2) is 9.59 Å². The van der Waals surface area contributed by atoms with Crippen LogP contribution in [0.25, 0.3) is 0 Å². The van der Waals surface area contributed by atoms with Crippen molar-refractivity contribution in [3.8, 4) is 0 Å². The topological polar surface area (TPSA) is 81.2 Å². The van der Waals surface area contributed by atoms with Crippen molar-refractivity contribution in [2.75, 3.05) is 33.7 Å². The number of aliphatic carboxylic acids is 1. The first-order valence-electron chi connectivity index (χ1n) is 7.41. The molecule has 7 nitrogen and oxygen atoms in total. The van der Waals surface area contributed by atoms with Crippen LogP contribution in [0, 0.1) is 5.92 Å². The second kappa shape index (κ2) is 6.32. The normalized spacial score (nSPS) is 25.8. The molecule has 118 valence electrons. The third-order valence-corrected chi connectivity index (χ3v) is 4.24. The van der Waals surface area contributed by atoms with Gasteiger partial charge >= 0.3 is 12.0 Å². The number of rotatable bonds is 2. The summed E-state index contributed by atoms with van der Waals surface area (Å²) in [6.07, 6.45) is 2.75. The van der Waals surface area contributed by atoms with Gasteiger partial charge in [-0.05, 0) is 25.7 Å². The number of likely N-dealkylation sites (tertiary alicyclic amines) is 2. The van der Waals surface area contributed by atoms with Crippen molar-refractivity contribution < 1.29 is 19.5 Å².